The first-order valence-corrected chi connectivity index (χ1v) is 8.92. The molecule has 1 aromatic rings. The van der Waals surface area contributed by atoms with Gasteiger partial charge in [0.1, 0.15) is 0 Å². The van der Waals surface area contributed by atoms with E-state index in [1.54, 1.807) is 0 Å². The van der Waals surface area contributed by atoms with E-state index in [4.69, 9.17) is 0 Å². The van der Waals surface area contributed by atoms with Crippen molar-refractivity contribution in [3.05, 3.63) is 35.4 Å². The maximum Gasteiger partial charge on any atom is 0.220 e. The number of halogens is 1. The van der Waals surface area contributed by atoms with E-state index in [1.165, 1.54) is 36.8 Å². The van der Waals surface area contributed by atoms with Crippen molar-refractivity contribution in [1.29, 1.82) is 0 Å². The van der Waals surface area contributed by atoms with Gasteiger partial charge in [0, 0.05) is 35.3 Å². The minimum Gasteiger partial charge on any atom is -0.352 e. The predicted octanol–water partition coefficient (Wildman–Crippen LogP) is 5.09. The van der Waals surface area contributed by atoms with Crippen LogP contribution in [0.3, 0.4) is 0 Å². The first kappa shape index (κ1) is 18.8. The summed E-state index contributed by atoms with van der Waals surface area (Å²) in [5.41, 5.74) is 2.40. The second kappa shape index (κ2) is 12.3. The molecule has 3 heteroatoms. The maximum atomic E-state index is 11.8. The average molecular weight is 364 g/mol. The van der Waals surface area contributed by atoms with Crippen molar-refractivity contribution in [2.75, 3.05) is 0 Å². The Morgan fingerprint density at radius 2 is 1.86 bits per heavy atom. The molecule has 1 N–H and O–H groups in total. The molecule has 0 saturated heterocycles. The van der Waals surface area contributed by atoms with Gasteiger partial charge in [0.15, 0.2) is 0 Å². The smallest absolute Gasteiger partial charge is 0.220 e. The number of unbranched alkanes of at least 4 members (excludes halogenated alkanes) is 6. The first-order valence-electron chi connectivity index (χ1n) is 8.13. The zero-order valence-electron chi connectivity index (χ0n) is 13.5. The fraction of sp³-hybridized carbons (Fsp3) is 0.526. The minimum atomic E-state index is 0.161. The Balaban J connectivity index is 1.98. The van der Waals surface area contributed by atoms with Gasteiger partial charge >= 0.3 is 0 Å². The second-order valence-corrected chi connectivity index (χ2v) is 6.05. The van der Waals surface area contributed by atoms with E-state index in [0.29, 0.717) is 13.0 Å². The molecule has 0 aliphatic carbocycles. The van der Waals surface area contributed by atoms with Crippen LogP contribution >= 0.6 is 15.9 Å². The Kier molecular flexibility index (Phi) is 10.5. The summed E-state index contributed by atoms with van der Waals surface area (Å²) in [5.74, 6) is 3.17. The molecule has 2 nitrogen and oxygen atoms in total. The standard InChI is InChI=1S/C19H26BrNO/c1-17-11-10-12-18(15-17)16-21-19(22)13-8-6-4-2-3-5-7-9-14-20/h10-12,15H,2-8,13,16H2,1H3,(H,21,22). The molecule has 0 aliphatic rings. The molecule has 120 valence electrons. The third-order valence-electron chi connectivity index (χ3n) is 3.59. The highest BCUT2D eigenvalue weighted by Crippen LogP contribution is 2.09. The number of carbonyl (C=O) groups excluding carboxylic acids is 1. The summed E-state index contributed by atoms with van der Waals surface area (Å²) in [6.45, 7) is 2.70. The largest absolute Gasteiger partial charge is 0.352 e. The molecule has 1 aromatic carbocycles. The van der Waals surface area contributed by atoms with Gasteiger partial charge < -0.3 is 5.32 Å². The monoisotopic (exact) mass is 363 g/mol. The molecule has 1 amide bonds. The lowest BCUT2D eigenvalue weighted by atomic mass is 10.1. The van der Waals surface area contributed by atoms with Crippen LogP contribution in [0, 0.1) is 17.7 Å². The molecule has 0 aromatic heterocycles. The lowest BCUT2D eigenvalue weighted by Gasteiger charge is -2.06. The fourth-order valence-corrected chi connectivity index (χ4v) is 2.56. The Morgan fingerprint density at radius 1 is 1.14 bits per heavy atom. The molecule has 0 radical (unpaired) electrons. The van der Waals surface area contributed by atoms with Gasteiger partial charge in [-0.3, -0.25) is 4.79 Å². The molecule has 0 spiro atoms. The van der Waals surface area contributed by atoms with Crippen molar-refractivity contribution in [3.8, 4) is 10.8 Å². The molecule has 0 fully saturated rings. The van der Waals surface area contributed by atoms with E-state index >= 15 is 0 Å². The van der Waals surface area contributed by atoms with Crippen LogP contribution < -0.4 is 5.32 Å². The molecule has 0 aliphatic heterocycles. The number of hydrogen-bond acceptors (Lipinski definition) is 1. The van der Waals surface area contributed by atoms with Gasteiger partial charge in [0.05, 0.1) is 0 Å². The van der Waals surface area contributed by atoms with Crippen LogP contribution in [0.4, 0.5) is 0 Å². The first-order chi connectivity index (χ1) is 10.7. The summed E-state index contributed by atoms with van der Waals surface area (Å²) in [5, 5.41) is 2.99. The third-order valence-corrected chi connectivity index (χ3v) is 3.87. The molecule has 22 heavy (non-hydrogen) atoms. The van der Waals surface area contributed by atoms with Crippen molar-refractivity contribution < 1.29 is 4.79 Å². The van der Waals surface area contributed by atoms with Gasteiger partial charge in [-0.2, -0.15) is 0 Å². The highest BCUT2D eigenvalue weighted by atomic mass is 79.9. The van der Waals surface area contributed by atoms with Crippen LogP contribution in [0.5, 0.6) is 0 Å². The van der Waals surface area contributed by atoms with E-state index in [-0.39, 0.29) is 5.91 Å². The van der Waals surface area contributed by atoms with Crippen LogP contribution in [0.25, 0.3) is 0 Å². The fourth-order valence-electron chi connectivity index (χ4n) is 2.36. The van der Waals surface area contributed by atoms with Gasteiger partial charge in [-0.25, -0.2) is 0 Å². The quantitative estimate of drug-likeness (QED) is 0.455. The third kappa shape index (κ3) is 9.63. The van der Waals surface area contributed by atoms with Crippen molar-refractivity contribution in [2.45, 2.75) is 64.8 Å². The van der Waals surface area contributed by atoms with Crippen LogP contribution in [-0.4, -0.2) is 5.91 Å². The van der Waals surface area contributed by atoms with E-state index < -0.39 is 0 Å². The Morgan fingerprint density at radius 3 is 2.59 bits per heavy atom. The van der Waals surface area contributed by atoms with E-state index in [9.17, 15) is 4.79 Å². The van der Waals surface area contributed by atoms with Crippen molar-refractivity contribution in [3.63, 3.8) is 0 Å². The number of rotatable bonds is 10. The van der Waals surface area contributed by atoms with Crippen molar-refractivity contribution in [2.24, 2.45) is 0 Å². The van der Waals surface area contributed by atoms with Crippen molar-refractivity contribution >= 4 is 21.8 Å². The Bertz CT molecular complexity index is 502. The van der Waals surface area contributed by atoms with Crippen molar-refractivity contribution in [1.82, 2.24) is 5.32 Å². The topological polar surface area (TPSA) is 29.1 Å². The second-order valence-electron chi connectivity index (χ2n) is 5.66. The normalized spacial score (nSPS) is 9.91. The summed E-state index contributed by atoms with van der Waals surface area (Å²) in [6.07, 6.45) is 8.62. The molecule has 0 atom stereocenters. The van der Waals surface area contributed by atoms with Gasteiger partial charge in [0.2, 0.25) is 5.91 Å². The number of nitrogens with one attached hydrogen (secondary N) is 1. The number of hydrogen-bond donors (Lipinski definition) is 1. The van der Waals surface area contributed by atoms with Crippen LogP contribution in [-0.2, 0) is 11.3 Å². The van der Waals surface area contributed by atoms with Crippen LogP contribution in [0.2, 0.25) is 0 Å². The molecule has 0 unspecified atom stereocenters. The van der Waals surface area contributed by atoms with Gasteiger partial charge in [-0.05, 0) is 30.2 Å². The zero-order chi connectivity index (χ0) is 16.0. The SMILES string of the molecule is Cc1cccc(CNC(=O)CCCCCCCCC#CBr)c1. The van der Waals surface area contributed by atoms with Gasteiger partial charge in [-0.15, -0.1) is 0 Å². The summed E-state index contributed by atoms with van der Waals surface area (Å²) >= 11 is 3.10. The molecular weight excluding hydrogens is 338 g/mol. The average Bonchev–Trinajstić information content (AvgIpc) is 2.51. The van der Waals surface area contributed by atoms with Crippen LogP contribution in [0.1, 0.15) is 62.5 Å². The number of aryl methyl sites for hydroxylation is 1. The summed E-state index contributed by atoms with van der Waals surface area (Å²) < 4.78 is 0. The van der Waals surface area contributed by atoms with E-state index in [1.807, 2.05) is 12.1 Å². The molecule has 0 heterocycles. The highest BCUT2D eigenvalue weighted by molar-refractivity contribution is 9.12. The Labute approximate surface area is 143 Å². The number of carbonyl (C=O) groups is 1. The summed E-state index contributed by atoms with van der Waals surface area (Å²) in [6, 6.07) is 8.26. The summed E-state index contributed by atoms with van der Waals surface area (Å²) in [4.78, 5) is 14.5. The predicted molar refractivity (Wildman–Crippen MR) is 96.7 cm³/mol. The summed E-state index contributed by atoms with van der Waals surface area (Å²) in [7, 11) is 0. The lowest BCUT2D eigenvalue weighted by molar-refractivity contribution is -0.121. The highest BCUT2D eigenvalue weighted by Gasteiger charge is 2.01. The molecule has 0 saturated carbocycles. The molecule has 1 rings (SSSR count). The minimum absolute atomic E-state index is 0.161. The number of amides is 1. The number of benzene rings is 1. The van der Waals surface area contributed by atoms with E-state index in [2.05, 4.69) is 51.1 Å². The van der Waals surface area contributed by atoms with E-state index in [0.717, 1.165) is 19.3 Å². The lowest BCUT2D eigenvalue weighted by Crippen LogP contribution is -2.22. The zero-order valence-corrected chi connectivity index (χ0v) is 15.0. The maximum absolute atomic E-state index is 11.8. The van der Waals surface area contributed by atoms with Gasteiger partial charge in [0.25, 0.3) is 0 Å². The van der Waals surface area contributed by atoms with Gasteiger partial charge in [-0.1, -0.05) is 61.4 Å². The Hall–Kier alpha value is -1.27. The molecular formula is C19H26BrNO. The van der Waals surface area contributed by atoms with Crippen LogP contribution in [0.15, 0.2) is 24.3 Å². The molecule has 0 bridgehead atoms.